The van der Waals surface area contributed by atoms with E-state index in [1.807, 2.05) is 24.3 Å². The minimum absolute atomic E-state index is 0.0480. The molecule has 4 bridgehead atoms. The quantitative estimate of drug-likeness (QED) is 0.234. The average molecular weight is 803 g/mol. The molecule has 2 aromatic rings. The van der Waals surface area contributed by atoms with Gasteiger partial charge in [-0.3, -0.25) is 33.6 Å². The van der Waals surface area contributed by atoms with E-state index in [2.05, 4.69) is 21.3 Å². The molecule has 0 radical (unpaired) electrons. The van der Waals surface area contributed by atoms with E-state index in [9.17, 15) is 33.6 Å². The van der Waals surface area contributed by atoms with E-state index in [1.54, 1.807) is 51.4 Å². The number of rotatable bonds is 12. The predicted octanol–water partition coefficient (Wildman–Crippen LogP) is 2.37. The molecule has 3 aliphatic rings. The second-order valence-electron chi connectivity index (χ2n) is 15.9. The summed E-state index contributed by atoms with van der Waals surface area (Å²) in [6.45, 7) is 3.44. The van der Waals surface area contributed by atoms with Gasteiger partial charge in [-0.05, 0) is 55.4 Å². The molecule has 0 spiro atoms. The molecule has 0 unspecified atom stereocenters. The van der Waals surface area contributed by atoms with E-state index in [0.717, 1.165) is 37.7 Å². The first kappa shape index (κ1) is 43.8. The number of hydrogen-bond acceptors (Lipinski definition) is 9. The van der Waals surface area contributed by atoms with Crippen LogP contribution in [0.15, 0.2) is 54.6 Å². The first-order valence-electron chi connectivity index (χ1n) is 20.4. The zero-order valence-electron chi connectivity index (χ0n) is 34.1. The van der Waals surface area contributed by atoms with Crippen LogP contribution in [0.3, 0.4) is 0 Å². The molecule has 0 aromatic heterocycles. The van der Waals surface area contributed by atoms with Crippen molar-refractivity contribution in [1.29, 1.82) is 0 Å². The molecular weight excluding hydrogens is 745 g/mol. The third-order valence-corrected chi connectivity index (χ3v) is 11.1. The van der Waals surface area contributed by atoms with Crippen molar-refractivity contribution in [1.82, 2.24) is 31.1 Å². The second kappa shape index (κ2) is 20.4. The van der Waals surface area contributed by atoms with Gasteiger partial charge in [0.15, 0.2) is 0 Å². The molecule has 2 aromatic carbocycles. The molecule has 15 nitrogen and oxygen atoms in total. The van der Waals surface area contributed by atoms with E-state index in [0.29, 0.717) is 37.4 Å². The summed E-state index contributed by atoms with van der Waals surface area (Å²) < 4.78 is 12.1. The lowest BCUT2D eigenvalue weighted by Gasteiger charge is -2.36. The summed E-state index contributed by atoms with van der Waals surface area (Å²) in [6.07, 6.45) is 5.11. The van der Waals surface area contributed by atoms with Gasteiger partial charge in [0.1, 0.15) is 29.4 Å². The highest BCUT2D eigenvalue weighted by Gasteiger charge is 2.47. The van der Waals surface area contributed by atoms with Crippen LogP contribution in [0, 0.1) is 5.92 Å². The summed E-state index contributed by atoms with van der Waals surface area (Å²) in [6, 6.07) is 13.0. The largest absolute Gasteiger partial charge is 0.493 e. The number of ketones is 1. The van der Waals surface area contributed by atoms with Crippen LogP contribution in [0.5, 0.6) is 5.75 Å². The summed E-state index contributed by atoms with van der Waals surface area (Å²) in [7, 11) is 3.12. The van der Waals surface area contributed by atoms with E-state index in [-0.39, 0.29) is 49.4 Å². The van der Waals surface area contributed by atoms with Gasteiger partial charge in [-0.25, -0.2) is 0 Å². The molecule has 5 rings (SSSR count). The Balaban J connectivity index is 1.31. The number of ether oxygens (including phenoxy) is 2. The lowest BCUT2D eigenvalue weighted by Crippen LogP contribution is -2.62. The predicted molar refractivity (Wildman–Crippen MR) is 214 cm³/mol. The topological polar surface area (TPSA) is 193 Å². The highest BCUT2D eigenvalue weighted by molar-refractivity contribution is 6.40. The summed E-state index contributed by atoms with van der Waals surface area (Å²) in [5, 5.41) is 10.8. The van der Waals surface area contributed by atoms with Crippen molar-refractivity contribution in [2.45, 2.75) is 108 Å². The lowest BCUT2D eigenvalue weighted by molar-refractivity contribution is -0.146. The van der Waals surface area contributed by atoms with Crippen molar-refractivity contribution in [3.63, 3.8) is 0 Å². The molecule has 2 aliphatic heterocycles. The molecule has 4 N–H and O–H groups in total. The maximum Gasteiger partial charge on any atom is 0.290 e. The summed E-state index contributed by atoms with van der Waals surface area (Å²) in [5.74, 6) is -3.96. The number of nitrogens with one attached hydrogen (secondary N) is 4. The molecular formula is C43H58N6O9. The smallest absolute Gasteiger partial charge is 0.290 e. The van der Waals surface area contributed by atoms with Gasteiger partial charge in [-0.2, -0.15) is 0 Å². The lowest BCUT2D eigenvalue weighted by atomic mass is 9.83. The maximum absolute atomic E-state index is 14.6. The van der Waals surface area contributed by atoms with Crippen molar-refractivity contribution in [3.05, 3.63) is 65.7 Å². The highest BCUT2D eigenvalue weighted by Crippen LogP contribution is 2.31. The monoisotopic (exact) mass is 802 g/mol. The molecule has 2 heterocycles. The summed E-state index contributed by atoms with van der Waals surface area (Å²) in [4.78, 5) is 98.4. The van der Waals surface area contributed by atoms with Gasteiger partial charge < -0.3 is 40.5 Å². The summed E-state index contributed by atoms with van der Waals surface area (Å²) >= 11 is 0. The Morgan fingerprint density at radius 1 is 0.966 bits per heavy atom. The van der Waals surface area contributed by atoms with Gasteiger partial charge in [0.25, 0.3) is 5.91 Å². The first-order chi connectivity index (χ1) is 27.8. The van der Waals surface area contributed by atoms with Gasteiger partial charge in [0.2, 0.25) is 35.3 Å². The second-order valence-corrected chi connectivity index (χ2v) is 15.9. The molecule has 58 heavy (non-hydrogen) atoms. The first-order valence-corrected chi connectivity index (χ1v) is 20.4. The van der Waals surface area contributed by atoms with Crippen molar-refractivity contribution >= 4 is 41.2 Å². The van der Waals surface area contributed by atoms with Gasteiger partial charge >= 0.3 is 0 Å². The molecule has 15 heteroatoms. The standard InChI is InChI=1S/C43H58N6O9/c1-5-20-43(2,38(52)40(54)44-26-35(51)46-36(41(55)48(3)4)29-15-8-6-9-16-29)47-39(53)33-25-32-27-49(33)42(56)37(30-17-10-7-11-18-30)45-34(50)24-28-14-12-19-31(23-28)57-21-13-22-58-32/h6,8-9,12,14-16,19,23,30,32-33,36-37H,5,7,10-11,13,17-18,20-22,24-27H2,1-4H3,(H,44,54)(H,45,50)(H,46,51)(H,47,53)/t32-,33+,36+,37+,43+/m1/s1. The van der Waals surface area contributed by atoms with Crippen molar-refractivity contribution in [2.24, 2.45) is 5.92 Å². The van der Waals surface area contributed by atoms with Crippen LogP contribution in [0.2, 0.25) is 0 Å². The fraction of sp³-hybridized carbons (Fsp3) is 0.558. The molecule has 1 saturated carbocycles. The molecule has 6 amide bonds. The Hall–Kier alpha value is -5.31. The van der Waals surface area contributed by atoms with Crippen molar-refractivity contribution in [3.8, 4) is 5.75 Å². The number of benzene rings is 2. The Morgan fingerprint density at radius 3 is 2.41 bits per heavy atom. The van der Waals surface area contributed by atoms with Gasteiger partial charge in [-0.1, -0.05) is 75.1 Å². The minimum atomic E-state index is -1.69. The van der Waals surface area contributed by atoms with Crippen LogP contribution in [-0.4, -0.2) is 115 Å². The fourth-order valence-electron chi connectivity index (χ4n) is 8.07. The maximum atomic E-state index is 14.6. The number of carbonyl (C=O) groups excluding carboxylic acids is 7. The van der Waals surface area contributed by atoms with Gasteiger partial charge in [0.05, 0.1) is 32.3 Å². The molecule has 2 fully saturated rings. The van der Waals surface area contributed by atoms with E-state index in [1.165, 1.54) is 16.7 Å². The highest BCUT2D eigenvalue weighted by atomic mass is 16.5. The third-order valence-electron chi connectivity index (χ3n) is 11.1. The number of Topliss-reactive ketones (excluding diaryl/α,β-unsaturated/α-hetero) is 1. The Morgan fingerprint density at radius 2 is 1.71 bits per heavy atom. The molecule has 1 saturated heterocycles. The van der Waals surface area contributed by atoms with Gasteiger partial charge in [-0.15, -0.1) is 0 Å². The zero-order valence-corrected chi connectivity index (χ0v) is 34.1. The fourth-order valence-corrected chi connectivity index (χ4v) is 8.07. The minimum Gasteiger partial charge on any atom is -0.493 e. The number of likely N-dealkylation sites (N-methyl/N-ethyl adjacent to an activating group) is 1. The molecule has 1 aliphatic carbocycles. The normalized spacial score (nSPS) is 22.0. The number of fused-ring (bicyclic) bond motifs is 4. The van der Waals surface area contributed by atoms with E-state index >= 15 is 0 Å². The third kappa shape index (κ3) is 11.4. The van der Waals surface area contributed by atoms with Crippen LogP contribution in [0.1, 0.15) is 88.8 Å². The van der Waals surface area contributed by atoms with Crippen LogP contribution in [0.25, 0.3) is 0 Å². The van der Waals surface area contributed by atoms with Crippen molar-refractivity contribution in [2.75, 3.05) is 40.4 Å². The Bertz CT molecular complexity index is 1800. The van der Waals surface area contributed by atoms with Crippen molar-refractivity contribution < 1.29 is 43.0 Å². The molecule has 314 valence electrons. The van der Waals surface area contributed by atoms with Crippen LogP contribution in [-0.2, 0) is 44.7 Å². The van der Waals surface area contributed by atoms with Crippen LogP contribution < -0.4 is 26.0 Å². The van der Waals surface area contributed by atoms with Gasteiger partial charge in [0, 0.05) is 33.5 Å². The molecule has 5 atom stereocenters. The number of carbonyl (C=O) groups is 7. The van der Waals surface area contributed by atoms with Crippen LogP contribution in [0.4, 0.5) is 0 Å². The zero-order chi connectivity index (χ0) is 41.8. The average Bonchev–Trinajstić information content (AvgIpc) is 3.65. The Kier molecular flexibility index (Phi) is 15.4. The number of nitrogens with zero attached hydrogens (tertiary/aromatic N) is 2. The SMILES string of the molecule is CCC[C@](C)(NC(=O)[C@@H]1C[C@@H]2CN1C(=O)[C@H](C1CCCCC1)NC(=O)Cc1cccc(c1)OCCCO2)C(=O)C(=O)NCC(=O)N[C@H](C(=O)N(C)C)c1ccccc1. The number of amides is 6. The van der Waals surface area contributed by atoms with E-state index in [4.69, 9.17) is 9.47 Å². The number of hydrogen-bond donors (Lipinski definition) is 4. The summed E-state index contributed by atoms with van der Waals surface area (Å²) in [5.41, 5.74) is -0.402. The Labute approximate surface area is 340 Å². The van der Waals surface area contributed by atoms with E-state index < -0.39 is 59.8 Å². The van der Waals surface area contributed by atoms with Crippen LogP contribution >= 0.6 is 0 Å².